The maximum atomic E-state index is 12.2. The van der Waals surface area contributed by atoms with Crippen molar-refractivity contribution in [2.75, 3.05) is 6.54 Å². The Hall–Kier alpha value is -2.26. The van der Waals surface area contributed by atoms with Crippen LogP contribution in [0.5, 0.6) is 0 Å². The van der Waals surface area contributed by atoms with E-state index >= 15 is 0 Å². The number of sulfonamides is 1. The molecule has 21 heavy (non-hydrogen) atoms. The summed E-state index contributed by atoms with van der Waals surface area (Å²) in [6.45, 7) is 1.93. The predicted molar refractivity (Wildman–Crippen MR) is 73.3 cm³/mol. The van der Waals surface area contributed by atoms with E-state index in [0.29, 0.717) is 6.54 Å². The normalized spacial score (nSPS) is 11.5. The van der Waals surface area contributed by atoms with Crippen molar-refractivity contribution in [3.05, 3.63) is 41.7 Å². The lowest BCUT2D eigenvalue weighted by atomic mass is 10.1. The molecule has 0 unspecified atom stereocenters. The summed E-state index contributed by atoms with van der Waals surface area (Å²) in [6.07, 6.45) is 3.11. The Kier molecular flexibility index (Phi) is 4.34. The van der Waals surface area contributed by atoms with Crippen molar-refractivity contribution in [1.82, 2.24) is 19.7 Å². The van der Waals surface area contributed by atoms with Gasteiger partial charge in [-0.15, -0.1) is 5.10 Å². The topological polar surface area (TPSA) is 114 Å². The third-order valence-electron chi connectivity index (χ3n) is 2.91. The van der Waals surface area contributed by atoms with Gasteiger partial charge in [-0.05, 0) is 24.6 Å². The molecule has 0 saturated carbocycles. The molecule has 0 aliphatic rings. The number of hydrogen-bond donors (Lipinski definition) is 2. The van der Waals surface area contributed by atoms with Crippen LogP contribution in [-0.2, 0) is 16.6 Å². The van der Waals surface area contributed by atoms with Gasteiger partial charge in [-0.2, -0.15) is 0 Å². The van der Waals surface area contributed by atoms with Gasteiger partial charge in [0.05, 0.1) is 23.2 Å². The molecule has 0 saturated heterocycles. The molecule has 2 rings (SSSR count). The second-order valence-corrected chi connectivity index (χ2v) is 6.03. The van der Waals surface area contributed by atoms with Crippen LogP contribution in [0.1, 0.15) is 15.9 Å². The Morgan fingerprint density at radius 3 is 2.81 bits per heavy atom. The highest BCUT2D eigenvalue weighted by molar-refractivity contribution is 7.89. The number of nitrogens with one attached hydrogen (secondary N) is 1. The third kappa shape index (κ3) is 3.44. The van der Waals surface area contributed by atoms with E-state index in [9.17, 15) is 13.2 Å². The minimum absolute atomic E-state index is 0.0332. The van der Waals surface area contributed by atoms with Crippen LogP contribution in [0.2, 0.25) is 0 Å². The molecule has 0 amide bonds. The zero-order chi connectivity index (χ0) is 15.5. The van der Waals surface area contributed by atoms with Crippen LogP contribution in [0.4, 0.5) is 0 Å². The molecule has 112 valence electrons. The molecule has 1 aromatic carbocycles. The number of hydrogen-bond acceptors (Lipinski definition) is 5. The van der Waals surface area contributed by atoms with Gasteiger partial charge in [0, 0.05) is 12.7 Å². The third-order valence-corrected chi connectivity index (χ3v) is 4.51. The van der Waals surface area contributed by atoms with E-state index in [2.05, 4.69) is 15.0 Å². The second kappa shape index (κ2) is 6.02. The number of carbonyl (C=O) groups is 1. The Balaban J connectivity index is 2.16. The molecular formula is C12H14N4O4S. The first-order valence-corrected chi connectivity index (χ1v) is 7.57. The van der Waals surface area contributed by atoms with Crippen molar-refractivity contribution in [2.45, 2.75) is 18.4 Å². The lowest BCUT2D eigenvalue weighted by Gasteiger charge is -2.10. The summed E-state index contributed by atoms with van der Waals surface area (Å²) in [4.78, 5) is 11.0. The van der Waals surface area contributed by atoms with E-state index in [4.69, 9.17) is 5.11 Å². The summed E-state index contributed by atoms with van der Waals surface area (Å²) in [7, 11) is -3.78. The first-order chi connectivity index (χ1) is 9.92. The molecule has 2 N–H and O–H groups in total. The van der Waals surface area contributed by atoms with Crippen LogP contribution in [0.3, 0.4) is 0 Å². The fourth-order valence-corrected chi connectivity index (χ4v) is 3.15. The zero-order valence-electron chi connectivity index (χ0n) is 11.2. The number of aromatic nitrogens is 3. The largest absolute Gasteiger partial charge is 0.478 e. The Labute approximate surface area is 121 Å². The van der Waals surface area contributed by atoms with E-state index < -0.39 is 16.0 Å². The van der Waals surface area contributed by atoms with Gasteiger partial charge in [-0.1, -0.05) is 11.3 Å². The number of carboxylic acids is 1. The van der Waals surface area contributed by atoms with Gasteiger partial charge in [-0.3, -0.25) is 4.68 Å². The quantitative estimate of drug-likeness (QED) is 0.791. The van der Waals surface area contributed by atoms with E-state index in [1.807, 2.05) is 0 Å². The summed E-state index contributed by atoms with van der Waals surface area (Å²) in [6, 6.07) is 4.15. The predicted octanol–water partition coefficient (Wildman–Crippen LogP) is 0.263. The Bertz CT molecular complexity index is 741. The van der Waals surface area contributed by atoms with Crippen LogP contribution in [0.25, 0.3) is 0 Å². The monoisotopic (exact) mass is 310 g/mol. The number of rotatable bonds is 6. The number of aromatic carboxylic acids is 1. The first kappa shape index (κ1) is 15.1. The Morgan fingerprint density at radius 2 is 2.19 bits per heavy atom. The molecule has 9 heteroatoms. The number of benzene rings is 1. The van der Waals surface area contributed by atoms with Gasteiger partial charge in [-0.25, -0.2) is 17.9 Å². The van der Waals surface area contributed by atoms with Crippen LogP contribution < -0.4 is 4.72 Å². The van der Waals surface area contributed by atoms with Gasteiger partial charge in [0.15, 0.2) is 0 Å². The Morgan fingerprint density at radius 1 is 1.43 bits per heavy atom. The van der Waals surface area contributed by atoms with E-state index in [1.165, 1.54) is 36.0 Å². The molecule has 0 atom stereocenters. The van der Waals surface area contributed by atoms with Gasteiger partial charge < -0.3 is 5.11 Å². The summed E-state index contributed by atoms with van der Waals surface area (Å²) in [5.41, 5.74) is 0.174. The van der Waals surface area contributed by atoms with Gasteiger partial charge >= 0.3 is 5.97 Å². The van der Waals surface area contributed by atoms with Crippen molar-refractivity contribution >= 4 is 16.0 Å². The average molecular weight is 310 g/mol. The van der Waals surface area contributed by atoms with Gasteiger partial charge in [0.2, 0.25) is 10.0 Å². The van der Waals surface area contributed by atoms with E-state index in [1.54, 1.807) is 6.20 Å². The standard InChI is InChI=1S/C12H14N4O4S/c1-9-10(12(17)18)3-2-4-11(9)21(19,20)14-6-8-16-7-5-13-15-16/h2-5,7,14H,6,8H2,1H3,(H,17,18). The van der Waals surface area contributed by atoms with E-state index in [-0.39, 0.29) is 22.6 Å². The SMILES string of the molecule is Cc1c(C(=O)O)cccc1S(=O)(=O)NCCn1ccnn1. The zero-order valence-corrected chi connectivity index (χ0v) is 12.0. The van der Waals surface area contributed by atoms with Gasteiger partial charge in [0.1, 0.15) is 0 Å². The van der Waals surface area contributed by atoms with Crippen molar-refractivity contribution in [1.29, 1.82) is 0 Å². The number of carboxylic acid groups (broad SMARTS) is 1. The molecule has 0 fully saturated rings. The first-order valence-electron chi connectivity index (χ1n) is 6.08. The van der Waals surface area contributed by atoms with Crippen molar-refractivity contribution in [3.8, 4) is 0 Å². The smallest absolute Gasteiger partial charge is 0.335 e. The summed E-state index contributed by atoms with van der Waals surface area (Å²) >= 11 is 0. The van der Waals surface area contributed by atoms with Crippen molar-refractivity contribution < 1.29 is 18.3 Å². The fraction of sp³-hybridized carbons (Fsp3) is 0.250. The summed E-state index contributed by atoms with van der Waals surface area (Å²) in [5.74, 6) is -1.16. The molecule has 0 spiro atoms. The molecule has 1 aromatic heterocycles. The summed E-state index contributed by atoms with van der Waals surface area (Å²) < 4.78 is 28.3. The van der Waals surface area contributed by atoms with Crippen molar-refractivity contribution in [2.24, 2.45) is 0 Å². The fourth-order valence-electron chi connectivity index (χ4n) is 1.86. The number of nitrogens with zero attached hydrogens (tertiary/aromatic N) is 3. The lowest BCUT2D eigenvalue weighted by Crippen LogP contribution is -2.28. The molecule has 0 radical (unpaired) electrons. The van der Waals surface area contributed by atoms with Gasteiger partial charge in [0.25, 0.3) is 0 Å². The molecule has 0 aliphatic heterocycles. The highest BCUT2D eigenvalue weighted by Crippen LogP contribution is 2.18. The molecule has 8 nitrogen and oxygen atoms in total. The van der Waals surface area contributed by atoms with Crippen LogP contribution in [0.15, 0.2) is 35.5 Å². The minimum Gasteiger partial charge on any atom is -0.478 e. The molecule has 1 heterocycles. The minimum atomic E-state index is -3.78. The molecule has 0 bridgehead atoms. The highest BCUT2D eigenvalue weighted by Gasteiger charge is 2.20. The van der Waals surface area contributed by atoms with Crippen LogP contribution in [0, 0.1) is 6.92 Å². The second-order valence-electron chi connectivity index (χ2n) is 4.30. The molecule has 2 aromatic rings. The lowest BCUT2D eigenvalue weighted by molar-refractivity contribution is 0.0696. The molecular weight excluding hydrogens is 296 g/mol. The maximum Gasteiger partial charge on any atom is 0.335 e. The van der Waals surface area contributed by atoms with Crippen molar-refractivity contribution in [3.63, 3.8) is 0 Å². The maximum absolute atomic E-state index is 12.2. The average Bonchev–Trinajstić information content (AvgIpc) is 2.91. The molecule has 0 aliphatic carbocycles. The highest BCUT2D eigenvalue weighted by atomic mass is 32.2. The summed E-state index contributed by atoms with van der Waals surface area (Å²) in [5, 5.41) is 16.4. The van der Waals surface area contributed by atoms with Crippen LogP contribution >= 0.6 is 0 Å². The van der Waals surface area contributed by atoms with Crippen LogP contribution in [-0.4, -0.2) is 41.0 Å². The van der Waals surface area contributed by atoms with E-state index in [0.717, 1.165) is 0 Å².